The summed E-state index contributed by atoms with van der Waals surface area (Å²) < 4.78 is 13.1. The first-order valence-electron chi connectivity index (χ1n) is 5.78. The lowest BCUT2D eigenvalue weighted by atomic mass is 10.1. The van der Waals surface area contributed by atoms with E-state index in [-0.39, 0.29) is 23.3 Å². The van der Waals surface area contributed by atoms with Crippen LogP contribution in [0.2, 0.25) is 0 Å². The zero-order chi connectivity index (χ0) is 12.4. The fourth-order valence-corrected chi connectivity index (χ4v) is 2.27. The van der Waals surface area contributed by atoms with Gasteiger partial charge in [-0.25, -0.2) is 9.37 Å². The molecule has 2 N–H and O–H groups in total. The first-order chi connectivity index (χ1) is 8.09. The van der Waals surface area contributed by atoms with Gasteiger partial charge in [0.2, 0.25) is 0 Å². The zero-order valence-electron chi connectivity index (χ0n) is 9.82. The number of hydrogen-bond acceptors (Lipinski definition) is 3. The smallest absolute Gasteiger partial charge is 0.257 e. The second-order valence-electron chi connectivity index (χ2n) is 4.44. The van der Waals surface area contributed by atoms with E-state index in [0.29, 0.717) is 0 Å². The van der Waals surface area contributed by atoms with Crippen LogP contribution in [0.25, 0.3) is 0 Å². The lowest BCUT2D eigenvalue weighted by molar-refractivity contribution is 0.0735. The second-order valence-corrected chi connectivity index (χ2v) is 4.44. The lowest BCUT2D eigenvalue weighted by Crippen LogP contribution is -2.35. The number of amides is 1. The quantitative estimate of drug-likeness (QED) is 0.853. The van der Waals surface area contributed by atoms with Crippen molar-refractivity contribution >= 4 is 11.7 Å². The molecule has 1 aliphatic carbocycles. The molecule has 4 nitrogen and oxygen atoms in total. The highest BCUT2D eigenvalue weighted by Crippen LogP contribution is 2.24. The molecular formula is C12H16FN3O. The Balaban J connectivity index is 2.20. The standard InChI is InChI=1S/C12H16FN3O/c1-16(9-4-2-3-5-9)12(17)10-6-8(13)7-15-11(10)14/h6-7,9H,2-5H2,1H3,(H2,14,15). The van der Waals surface area contributed by atoms with Crippen molar-refractivity contribution in [1.29, 1.82) is 0 Å². The topological polar surface area (TPSA) is 59.2 Å². The normalized spacial score (nSPS) is 16.1. The molecule has 0 atom stereocenters. The minimum absolute atomic E-state index is 0.0845. The third-order valence-corrected chi connectivity index (χ3v) is 3.31. The Kier molecular flexibility index (Phi) is 3.26. The molecule has 0 unspecified atom stereocenters. The maximum atomic E-state index is 13.1. The summed E-state index contributed by atoms with van der Waals surface area (Å²) in [5.41, 5.74) is 5.75. The minimum atomic E-state index is -0.539. The van der Waals surface area contributed by atoms with Crippen LogP contribution in [0.3, 0.4) is 0 Å². The van der Waals surface area contributed by atoms with E-state index in [1.165, 1.54) is 0 Å². The number of nitrogens with zero attached hydrogens (tertiary/aromatic N) is 2. The van der Waals surface area contributed by atoms with Gasteiger partial charge < -0.3 is 10.6 Å². The average molecular weight is 237 g/mol. The van der Waals surface area contributed by atoms with Crippen LogP contribution in [0.15, 0.2) is 12.3 Å². The van der Waals surface area contributed by atoms with Crippen LogP contribution in [-0.4, -0.2) is 28.9 Å². The van der Waals surface area contributed by atoms with Crippen molar-refractivity contribution in [2.24, 2.45) is 0 Å². The molecule has 0 aliphatic heterocycles. The van der Waals surface area contributed by atoms with Gasteiger partial charge in [0.1, 0.15) is 11.6 Å². The van der Waals surface area contributed by atoms with Crippen LogP contribution in [0.1, 0.15) is 36.0 Å². The van der Waals surface area contributed by atoms with Gasteiger partial charge in [0, 0.05) is 13.1 Å². The number of nitrogen functional groups attached to an aromatic ring is 1. The van der Waals surface area contributed by atoms with Crippen molar-refractivity contribution < 1.29 is 9.18 Å². The van der Waals surface area contributed by atoms with Crippen LogP contribution in [0.4, 0.5) is 10.2 Å². The number of rotatable bonds is 2. The molecule has 0 radical (unpaired) electrons. The first-order valence-corrected chi connectivity index (χ1v) is 5.78. The molecule has 1 aromatic rings. The molecule has 1 aromatic heterocycles. The van der Waals surface area contributed by atoms with Gasteiger partial charge in [0.25, 0.3) is 5.91 Å². The Morgan fingerprint density at radius 3 is 2.82 bits per heavy atom. The molecule has 0 spiro atoms. The molecule has 0 bridgehead atoms. The summed E-state index contributed by atoms with van der Waals surface area (Å²) in [5.74, 6) is -0.704. The summed E-state index contributed by atoms with van der Waals surface area (Å²) in [5, 5.41) is 0. The molecule has 1 amide bonds. The van der Waals surface area contributed by atoms with E-state index in [0.717, 1.165) is 37.9 Å². The summed E-state index contributed by atoms with van der Waals surface area (Å²) >= 11 is 0. The van der Waals surface area contributed by atoms with Crippen LogP contribution in [0.5, 0.6) is 0 Å². The van der Waals surface area contributed by atoms with Crippen molar-refractivity contribution in [2.45, 2.75) is 31.7 Å². The molecule has 1 heterocycles. The predicted octanol–water partition coefficient (Wildman–Crippen LogP) is 1.82. The van der Waals surface area contributed by atoms with Crippen molar-refractivity contribution in [2.75, 3.05) is 12.8 Å². The Labute approximate surface area is 99.6 Å². The van der Waals surface area contributed by atoms with E-state index in [2.05, 4.69) is 4.98 Å². The minimum Gasteiger partial charge on any atom is -0.383 e. The number of halogens is 1. The van der Waals surface area contributed by atoms with Crippen LogP contribution in [-0.2, 0) is 0 Å². The predicted molar refractivity (Wildman–Crippen MR) is 63.0 cm³/mol. The summed E-state index contributed by atoms with van der Waals surface area (Å²) in [7, 11) is 1.74. The average Bonchev–Trinajstić information content (AvgIpc) is 2.84. The van der Waals surface area contributed by atoms with Crippen LogP contribution >= 0.6 is 0 Å². The molecular weight excluding hydrogens is 221 g/mol. The number of pyridine rings is 1. The van der Waals surface area contributed by atoms with E-state index in [9.17, 15) is 9.18 Å². The molecule has 0 aromatic carbocycles. The van der Waals surface area contributed by atoms with Gasteiger partial charge in [-0.3, -0.25) is 4.79 Å². The Hall–Kier alpha value is -1.65. The zero-order valence-corrected chi connectivity index (χ0v) is 9.82. The fraction of sp³-hybridized carbons (Fsp3) is 0.500. The van der Waals surface area contributed by atoms with E-state index < -0.39 is 5.82 Å². The maximum absolute atomic E-state index is 13.1. The molecule has 0 saturated heterocycles. The van der Waals surface area contributed by atoms with E-state index in [4.69, 9.17) is 5.73 Å². The van der Waals surface area contributed by atoms with E-state index in [1.807, 2.05) is 0 Å². The van der Waals surface area contributed by atoms with E-state index in [1.54, 1.807) is 11.9 Å². The summed E-state index contributed by atoms with van der Waals surface area (Å²) in [6, 6.07) is 1.39. The first kappa shape index (κ1) is 11.8. The largest absolute Gasteiger partial charge is 0.383 e. The lowest BCUT2D eigenvalue weighted by Gasteiger charge is -2.24. The summed E-state index contributed by atoms with van der Waals surface area (Å²) in [4.78, 5) is 17.5. The highest BCUT2D eigenvalue weighted by Gasteiger charge is 2.25. The molecule has 1 fully saturated rings. The Morgan fingerprint density at radius 2 is 2.18 bits per heavy atom. The maximum Gasteiger partial charge on any atom is 0.257 e. The molecule has 5 heteroatoms. The monoisotopic (exact) mass is 237 g/mol. The summed E-state index contributed by atoms with van der Waals surface area (Å²) in [6.07, 6.45) is 5.30. The van der Waals surface area contributed by atoms with Gasteiger partial charge in [0.05, 0.1) is 11.8 Å². The van der Waals surface area contributed by atoms with Gasteiger partial charge in [-0.1, -0.05) is 12.8 Å². The highest BCUT2D eigenvalue weighted by atomic mass is 19.1. The number of nitrogens with two attached hydrogens (primary N) is 1. The Morgan fingerprint density at radius 1 is 1.53 bits per heavy atom. The number of anilines is 1. The molecule has 1 aliphatic rings. The third-order valence-electron chi connectivity index (χ3n) is 3.31. The molecule has 2 rings (SSSR count). The van der Waals surface area contributed by atoms with Crippen LogP contribution in [0, 0.1) is 5.82 Å². The van der Waals surface area contributed by atoms with E-state index >= 15 is 0 Å². The Bertz CT molecular complexity index is 430. The fourth-order valence-electron chi connectivity index (χ4n) is 2.27. The number of hydrogen-bond donors (Lipinski definition) is 1. The van der Waals surface area contributed by atoms with Gasteiger partial charge in [-0.05, 0) is 18.9 Å². The van der Waals surface area contributed by atoms with Gasteiger partial charge in [-0.2, -0.15) is 0 Å². The van der Waals surface area contributed by atoms with Crippen molar-refractivity contribution in [3.63, 3.8) is 0 Å². The van der Waals surface area contributed by atoms with Crippen LogP contribution < -0.4 is 5.73 Å². The van der Waals surface area contributed by atoms with Crippen molar-refractivity contribution in [1.82, 2.24) is 9.88 Å². The molecule has 17 heavy (non-hydrogen) atoms. The third kappa shape index (κ3) is 2.38. The molecule has 92 valence electrons. The van der Waals surface area contributed by atoms with Gasteiger partial charge in [-0.15, -0.1) is 0 Å². The van der Waals surface area contributed by atoms with Crippen molar-refractivity contribution in [3.8, 4) is 0 Å². The SMILES string of the molecule is CN(C(=O)c1cc(F)cnc1N)C1CCCC1. The second kappa shape index (κ2) is 4.69. The molecule has 1 saturated carbocycles. The number of carbonyl (C=O) groups is 1. The summed E-state index contributed by atoms with van der Waals surface area (Å²) in [6.45, 7) is 0. The van der Waals surface area contributed by atoms with Gasteiger partial charge >= 0.3 is 0 Å². The number of carbonyl (C=O) groups excluding carboxylic acids is 1. The highest BCUT2D eigenvalue weighted by molar-refractivity contribution is 5.98. The number of aromatic nitrogens is 1. The van der Waals surface area contributed by atoms with Crippen molar-refractivity contribution in [3.05, 3.63) is 23.6 Å². The van der Waals surface area contributed by atoms with Gasteiger partial charge in [0.15, 0.2) is 0 Å².